The SMILES string of the molecule is COc1c(O[C@H]2O[C@@H](C)[C@H](OC(C)=O)[C@H](O)[C@@H]2O)cc2oc(-c3ccc(O)cc3)c(O[C@@H]3O[C@@H](C)[C@H](O)[C@H](O)[C@@H]3O)c(=O)c2c1O. The molecule has 10 atom stereocenters. The topological polar surface area (TPSA) is 244 Å². The highest BCUT2D eigenvalue weighted by Gasteiger charge is 2.47. The monoisotopic (exact) mass is 650 g/mol. The average Bonchev–Trinajstić information content (AvgIpc) is 3.01. The Labute approximate surface area is 260 Å². The van der Waals surface area contributed by atoms with Crippen LogP contribution in [0.4, 0.5) is 0 Å². The van der Waals surface area contributed by atoms with Gasteiger partial charge in [0.1, 0.15) is 47.2 Å². The molecule has 2 aliphatic heterocycles. The number of hydrogen-bond acceptors (Lipinski definition) is 16. The van der Waals surface area contributed by atoms with Gasteiger partial charge in [0, 0.05) is 18.6 Å². The molecule has 2 aromatic carbocycles. The number of carbonyl (C=O) groups is 1. The predicted octanol–water partition coefficient (Wildman–Crippen LogP) is -0.137. The Bertz CT molecular complexity index is 1640. The molecule has 16 nitrogen and oxygen atoms in total. The van der Waals surface area contributed by atoms with Crippen LogP contribution in [-0.2, 0) is 19.0 Å². The summed E-state index contributed by atoms with van der Waals surface area (Å²) in [5, 5.41) is 72.8. The molecule has 0 spiro atoms. The van der Waals surface area contributed by atoms with E-state index in [1.807, 2.05) is 0 Å². The van der Waals surface area contributed by atoms with Gasteiger partial charge in [0.15, 0.2) is 23.4 Å². The molecular formula is C30H34O16. The molecule has 0 aliphatic carbocycles. The van der Waals surface area contributed by atoms with Gasteiger partial charge in [-0.15, -0.1) is 0 Å². The minimum atomic E-state index is -1.80. The molecule has 0 unspecified atom stereocenters. The number of hydrogen-bond donors (Lipinski definition) is 7. The molecule has 0 bridgehead atoms. The van der Waals surface area contributed by atoms with Gasteiger partial charge >= 0.3 is 5.97 Å². The molecule has 5 rings (SSSR count). The molecule has 3 aromatic rings. The molecule has 46 heavy (non-hydrogen) atoms. The number of aliphatic hydroxyl groups is 5. The maximum atomic E-state index is 14.0. The van der Waals surface area contributed by atoms with Gasteiger partial charge < -0.3 is 68.6 Å². The second kappa shape index (κ2) is 12.9. The quantitative estimate of drug-likeness (QED) is 0.165. The van der Waals surface area contributed by atoms with Crippen LogP contribution in [0, 0.1) is 0 Å². The minimum absolute atomic E-state index is 0.109. The van der Waals surface area contributed by atoms with Crippen molar-refractivity contribution < 1.29 is 73.4 Å². The summed E-state index contributed by atoms with van der Waals surface area (Å²) in [4.78, 5) is 25.4. The number of fused-ring (bicyclic) bond motifs is 1. The molecule has 0 saturated carbocycles. The number of esters is 1. The van der Waals surface area contributed by atoms with Crippen LogP contribution in [0.15, 0.2) is 39.5 Å². The summed E-state index contributed by atoms with van der Waals surface area (Å²) >= 11 is 0. The van der Waals surface area contributed by atoms with Crippen LogP contribution in [-0.4, -0.2) is 110 Å². The summed E-state index contributed by atoms with van der Waals surface area (Å²) in [5.41, 5.74) is -1.06. The average molecular weight is 651 g/mol. The fourth-order valence-electron chi connectivity index (χ4n) is 5.28. The highest BCUT2D eigenvalue weighted by atomic mass is 16.7. The fourth-order valence-corrected chi connectivity index (χ4v) is 5.28. The first-order valence-electron chi connectivity index (χ1n) is 14.1. The van der Waals surface area contributed by atoms with Gasteiger partial charge in [-0.05, 0) is 38.1 Å². The van der Waals surface area contributed by atoms with E-state index >= 15 is 0 Å². The summed E-state index contributed by atoms with van der Waals surface area (Å²) in [6, 6.07) is 6.54. The lowest BCUT2D eigenvalue weighted by Crippen LogP contribution is -2.59. The molecule has 2 saturated heterocycles. The number of aromatic hydroxyl groups is 2. The number of methoxy groups -OCH3 is 1. The number of rotatable bonds is 7. The normalized spacial score (nSPS) is 31.3. The summed E-state index contributed by atoms with van der Waals surface area (Å²) < 4.78 is 39.1. The Hall–Kier alpha value is -4.16. The maximum Gasteiger partial charge on any atom is 0.303 e. The zero-order chi connectivity index (χ0) is 33.6. The third-order valence-corrected chi connectivity index (χ3v) is 7.73. The summed E-state index contributed by atoms with van der Waals surface area (Å²) in [5.74, 6) is -3.10. The second-order valence-electron chi connectivity index (χ2n) is 10.9. The molecule has 250 valence electrons. The van der Waals surface area contributed by atoms with Gasteiger partial charge in [-0.25, -0.2) is 0 Å². The third kappa shape index (κ3) is 6.03. The number of carbonyl (C=O) groups excluding carboxylic acids is 1. The Morgan fingerprint density at radius 3 is 2.04 bits per heavy atom. The first kappa shape index (κ1) is 33.2. The van der Waals surface area contributed by atoms with Crippen LogP contribution in [0.25, 0.3) is 22.3 Å². The first-order valence-corrected chi connectivity index (χ1v) is 14.1. The van der Waals surface area contributed by atoms with Gasteiger partial charge in [0.05, 0.1) is 19.3 Å². The molecule has 2 fully saturated rings. The smallest absolute Gasteiger partial charge is 0.303 e. The van der Waals surface area contributed by atoms with Gasteiger partial charge in [-0.3, -0.25) is 9.59 Å². The van der Waals surface area contributed by atoms with E-state index in [0.29, 0.717) is 0 Å². The standard InChI is InChI=1S/C30H34O16/c1-10-18(33)21(36)23(38)30(41-10)46-28-20(35)17-15(44-26(28)13-5-7-14(32)8-6-13)9-16(27(40-4)19(17)34)45-29-24(39)22(37)25(11(2)42-29)43-12(3)31/h5-11,18,21-25,29-30,32-34,36-39H,1-4H3/t10-,11-,18-,21-,22+,23-,24-,25-,29+,30-/m0/s1. The van der Waals surface area contributed by atoms with Gasteiger partial charge in [-0.2, -0.15) is 0 Å². The van der Waals surface area contributed by atoms with E-state index in [1.165, 1.54) is 38.1 Å². The number of phenolic OH excluding ortho intramolecular Hbond substituents is 2. The van der Waals surface area contributed by atoms with E-state index in [1.54, 1.807) is 0 Å². The lowest BCUT2D eigenvalue weighted by atomic mass is 9.99. The summed E-state index contributed by atoms with van der Waals surface area (Å²) in [7, 11) is 1.16. The number of ether oxygens (including phenoxy) is 6. The van der Waals surface area contributed by atoms with Crippen LogP contribution in [0.2, 0.25) is 0 Å². The third-order valence-electron chi connectivity index (χ3n) is 7.73. The van der Waals surface area contributed by atoms with Gasteiger partial charge in [-0.1, -0.05) is 0 Å². The summed E-state index contributed by atoms with van der Waals surface area (Å²) in [6.07, 6.45) is -14.7. The van der Waals surface area contributed by atoms with Gasteiger partial charge in [0.25, 0.3) is 0 Å². The van der Waals surface area contributed by atoms with Crippen molar-refractivity contribution in [1.29, 1.82) is 0 Å². The number of phenols is 2. The Morgan fingerprint density at radius 1 is 0.804 bits per heavy atom. The zero-order valence-corrected chi connectivity index (χ0v) is 25.0. The second-order valence-corrected chi connectivity index (χ2v) is 10.9. The van der Waals surface area contributed by atoms with E-state index in [9.17, 15) is 45.3 Å². The Kier molecular flexibility index (Phi) is 9.33. The summed E-state index contributed by atoms with van der Waals surface area (Å²) in [6.45, 7) is 4.03. The van der Waals surface area contributed by atoms with Crippen molar-refractivity contribution in [2.24, 2.45) is 0 Å². The predicted molar refractivity (Wildman–Crippen MR) is 153 cm³/mol. The van der Waals surface area contributed by atoms with Crippen LogP contribution in [0.5, 0.6) is 28.7 Å². The number of benzene rings is 2. The van der Waals surface area contributed by atoms with Crippen molar-refractivity contribution in [3.05, 3.63) is 40.6 Å². The van der Waals surface area contributed by atoms with E-state index < -0.39 is 95.4 Å². The van der Waals surface area contributed by atoms with Crippen LogP contribution < -0.4 is 19.6 Å². The van der Waals surface area contributed by atoms with Crippen molar-refractivity contribution in [2.45, 2.75) is 82.2 Å². The van der Waals surface area contributed by atoms with Crippen molar-refractivity contribution in [3.8, 4) is 40.1 Å². The maximum absolute atomic E-state index is 14.0. The molecule has 1 aromatic heterocycles. The molecule has 7 N–H and O–H groups in total. The van der Waals surface area contributed by atoms with Crippen LogP contribution >= 0.6 is 0 Å². The lowest BCUT2D eigenvalue weighted by Gasteiger charge is -2.40. The largest absolute Gasteiger partial charge is 0.508 e. The Morgan fingerprint density at radius 2 is 1.41 bits per heavy atom. The lowest BCUT2D eigenvalue weighted by molar-refractivity contribution is -0.272. The van der Waals surface area contributed by atoms with Crippen molar-refractivity contribution in [1.82, 2.24) is 0 Å². The minimum Gasteiger partial charge on any atom is -0.508 e. The molecule has 16 heteroatoms. The highest BCUT2D eigenvalue weighted by Crippen LogP contribution is 2.45. The fraction of sp³-hybridized carbons (Fsp3) is 0.467. The Balaban J connectivity index is 1.61. The molecule has 0 amide bonds. The van der Waals surface area contributed by atoms with Crippen LogP contribution in [0.1, 0.15) is 20.8 Å². The van der Waals surface area contributed by atoms with E-state index in [2.05, 4.69) is 0 Å². The number of aliphatic hydroxyl groups excluding tert-OH is 5. The zero-order valence-electron chi connectivity index (χ0n) is 25.0. The van der Waals surface area contributed by atoms with Crippen molar-refractivity contribution >= 4 is 16.9 Å². The van der Waals surface area contributed by atoms with E-state index in [-0.39, 0.29) is 28.4 Å². The first-order chi connectivity index (χ1) is 21.7. The van der Waals surface area contributed by atoms with E-state index in [0.717, 1.165) is 20.1 Å². The molecule has 2 aliphatic rings. The van der Waals surface area contributed by atoms with Crippen LogP contribution in [0.3, 0.4) is 0 Å². The molecule has 3 heterocycles. The van der Waals surface area contributed by atoms with Crippen molar-refractivity contribution in [3.63, 3.8) is 0 Å². The van der Waals surface area contributed by atoms with Crippen molar-refractivity contribution in [2.75, 3.05) is 7.11 Å². The van der Waals surface area contributed by atoms with Gasteiger partial charge in [0.2, 0.25) is 29.5 Å². The molecule has 0 radical (unpaired) electrons. The van der Waals surface area contributed by atoms with E-state index in [4.69, 9.17) is 32.8 Å². The molecular weight excluding hydrogens is 616 g/mol. The highest BCUT2D eigenvalue weighted by molar-refractivity contribution is 5.91.